The molecule has 1 aromatic heterocycles. The zero-order valence-corrected chi connectivity index (χ0v) is 20.9. The van der Waals surface area contributed by atoms with Crippen molar-refractivity contribution >= 4 is 22.8 Å². The van der Waals surface area contributed by atoms with Crippen LogP contribution in [0, 0.1) is 17.7 Å². The van der Waals surface area contributed by atoms with Crippen molar-refractivity contribution in [2.75, 3.05) is 0 Å². The minimum Gasteiger partial charge on any atom is -0.390 e. The number of fused-ring (bicyclic) bond motifs is 1. The minimum atomic E-state index is -0.894. The molecule has 0 aliphatic heterocycles. The van der Waals surface area contributed by atoms with Gasteiger partial charge in [-0.25, -0.2) is 14.9 Å². The fraction of sp³-hybridized carbons (Fsp3) is 0.429. The largest absolute Gasteiger partial charge is 0.390 e. The fourth-order valence-corrected chi connectivity index (χ4v) is 5.05. The summed E-state index contributed by atoms with van der Waals surface area (Å²) < 4.78 is 13.5. The summed E-state index contributed by atoms with van der Waals surface area (Å²) in [5, 5.41) is 23.5. The monoisotopic (exact) mass is 508 g/mol. The molecular formula is C28H33FN4O4. The molecule has 37 heavy (non-hydrogen) atoms. The van der Waals surface area contributed by atoms with Gasteiger partial charge in [0.1, 0.15) is 11.5 Å². The predicted molar refractivity (Wildman–Crippen MR) is 136 cm³/mol. The highest BCUT2D eigenvalue weighted by Gasteiger charge is 2.36. The number of nitrogens with zero attached hydrogens (tertiary/aromatic N) is 2. The summed E-state index contributed by atoms with van der Waals surface area (Å²) in [5.41, 5.74) is 2.83. The Bertz CT molecular complexity index is 1230. The van der Waals surface area contributed by atoms with Gasteiger partial charge in [0.25, 0.3) is 5.91 Å². The molecule has 4 rings (SSSR count). The fourth-order valence-electron chi connectivity index (χ4n) is 5.05. The van der Waals surface area contributed by atoms with E-state index in [2.05, 4.69) is 22.2 Å². The van der Waals surface area contributed by atoms with Crippen LogP contribution in [0.2, 0.25) is 0 Å². The first-order valence-corrected chi connectivity index (χ1v) is 12.7. The summed E-state index contributed by atoms with van der Waals surface area (Å²) in [6.07, 6.45) is 5.27. The standard InChI is InChI=1S/C28H33FN4O4/c1-18-10-13-28(36,14-11-18)15-12-21(26(34)33-37)24(16-19-6-8-20(29)9-7-19)32-27(35)25-17-30-22-4-2-3-5-23(22)31-25/h2-9,17-18,21,24,36-37H,10-16H2,1H3,(H,32,35)(H,33,34). The highest BCUT2D eigenvalue weighted by Crippen LogP contribution is 2.36. The number of aromatic nitrogens is 2. The van der Waals surface area contributed by atoms with Crippen LogP contribution < -0.4 is 10.8 Å². The van der Waals surface area contributed by atoms with Gasteiger partial charge in [0.15, 0.2) is 0 Å². The van der Waals surface area contributed by atoms with E-state index in [-0.39, 0.29) is 18.5 Å². The number of benzene rings is 2. The van der Waals surface area contributed by atoms with Gasteiger partial charge in [0.05, 0.1) is 28.7 Å². The van der Waals surface area contributed by atoms with E-state index in [1.165, 1.54) is 18.3 Å². The van der Waals surface area contributed by atoms with Crippen LogP contribution in [0.1, 0.15) is 61.5 Å². The SMILES string of the molecule is CC1CCC(O)(CCC(C(=O)NO)C(Cc2ccc(F)cc2)NC(=O)c2cnc3ccccc3n2)CC1. The van der Waals surface area contributed by atoms with Crippen molar-refractivity contribution in [3.8, 4) is 0 Å². The Labute approximate surface area is 215 Å². The molecule has 2 amide bonds. The summed E-state index contributed by atoms with van der Waals surface area (Å²) in [5.74, 6) is -1.88. The molecule has 1 aliphatic rings. The average Bonchev–Trinajstić information content (AvgIpc) is 2.91. The van der Waals surface area contributed by atoms with Crippen molar-refractivity contribution in [1.82, 2.24) is 20.8 Å². The molecule has 0 saturated heterocycles. The van der Waals surface area contributed by atoms with E-state index in [0.717, 1.165) is 12.8 Å². The van der Waals surface area contributed by atoms with Gasteiger partial charge in [-0.1, -0.05) is 31.2 Å². The van der Waals surface area contributed by atoms with Crippen molar-refractivity contribution in [3.05, 3.63) is 71.8 Å². The van der Waals surface area contributed by atoms with Crippen LogP contribution in [0.25, 0.3) is 11.0 Å². The first kappa shape index (κ1) is 26.6. The molecule has 1 fully saturated rings. The summed E-state index contributed by atoms with van der Waals surface area (Å²) in [7, 11) is 0. The summed E-state index contributed by atoms with van der Waals surface area (Å²) in [6.45, 7) is 2.16. The zero-order valence-electron chi connectivity index (χ0n) is 20.9. The lowest BCUT2D eigenvalue weighted by atomic mass is 9.75. The van der Waals surface area contributed by atoms with Crippen LogP contribution in [-0.4, -0.2) is 43.7 Å². The normalized spacial score (nSPS) is 21.2. The van der Waals surface area contributed by atoms with Gasteiger partial charge in [-0.05, 0) is 80.7 Å². The minimum absolute atomic E-state index is 0.0888. The third-order valence-corrected chi connectivity index (χ3v) is 7.42. The van der Waals surface area contributed by atoms with Gasteiger partial charge in [-0.15, -0.1) is 0 Å². The number of aliphatic hydroxyl groups is 1. The van der Waals surface area contributed by atoms with E-state index in [9.17, 15) is 24.3 Å². The number of rotatable bonds is 9. The van der Waals surface area contributed by atoms with Gasteiger partial charge in [0, 0.05) is 6.04 Å². The lowest BCUT2D eigenvalue weighted by Crippen LogP contribution is -2.48. The van der Waals surface area contributed by atoms with E-state index < -0.39 is 35.2 Å². The first-order valence-electron chi connectivity index (χ1n) is 12.7. The number of carbonyl (C=O) groups excluding carboxylic acids is 2. The van der Waals surface area contributed by atoms with Crippen LogP contribution >= 0.6 is 0 Å². The van der Waals surface area contributed by atoms with Crippen molar-refractivity contribution < 1.29 is 24.3 Å². The second-order valence-corrected chi connectivity index (χ2v) is 10.2. The number of hydrogen-bond acceptors (Lipinski definition) is 6. The summed E-state index contributed by atoms with van der Waals surface area (Å²) >= 11 is 0. The lowest BCUT2D eigenvalue weighted by molar-refractivity contribution is -0.135. The Morgan fingerprint density at radius 2 is 1.78 bits per heavy atom. The first-order chi connectivity index (χ1) is 17.8. The number of nitrogens with one attached hydrogen (secondary N) is 2. The number of halogens is 1. The molecule has 8 nitrogen and oxygen atoms in total. The van der Waals surface area contributed by atoms with Crippen LogP contribution in [0.3, 0.4) is 0 Å². The average molecular weight is 509 g/mol. The lowest BCUT2D eigenvalue weighted by Gasteiger charge is -2.36. The quantitative estimate of drug-likeness (QED) is 0.256. The second kappa shape index (κ2) is 11.7. The Kier molecular flexibility index (Phi) is 8.45. The maximum Gasteiger partial charge on any atom is 0.271 e. The Balaban J connectivity index is 1.58. The Morgan fingerprint density at radius 1 is 1.11 bits per heavy atom. The molecule has 0 bridgehead atoms. The molecule has 4 N–H and O–H groups in total. The maximum absolute atomic E-state index is 13.5. The maximum atomic E-state index is 13.5. The number of para-hydroxylation sites is 2. The molecule has 1 aliphatic carbocycles. The highest BCUT2D eigenvalue weighted by atomic mass is 19.1. The van der Waals surface area contributed by atoms with E-state index in [1.54, 1.807) is 35.8 Å². The molecule has 2 unspecified atom stereocenters. The van der Waals surface area contributed by atoms with Gasteiger partial charge >= 0.3 is 0 Å². The molecule has 3 aromatic rings. The van der Waals surface area contributed by atoms with Crippen molar-refractivity contribution in [2.45, 2.75) is 63.5 Å². The van der Waals surface area contributed by atoms with Crippen LogP contribution in [0.15, 0.2) is 54.7 Å². The van der Waals surface area contributed by atoms with Gasteiger partial charge < -0.3 is 10.4 Å². The van der Waals surface area contributed by atoms with Gasteiger partial charge in [-0.3, -0.25) is 19.8 Å². The van der Waals surface area contributed by atoms with Gasteiger partial charge in [0.2, 0.25) is 5.91 Å². The van der Waals surface area contributed by atoms with E-state index >= 15 is 0 Å². The second-order valence-electron chi connectivity index (χ2n) is 10.2. The Morgan fingerprint density at radius 3 is 2.46 bits per heavy atom. The van der Waals surface area contributed by atoms with Crippen molar-refractivity contribution in [1.29, 1.82) is 0 Å². The third kappa shape index (κ3) is 6.87. The number of hydrogen-bond donors (Lipinski definition) is 4. The van der Waals surface area contributed by atoms with E-state index in [1.807, 2.05) is 6.07 Å². The van der Waals surface area contributed by atoms with E-state index in [4.69, 9.17) is 0 Å². The molecule has 0 spiro atoms. The molecule has 2 atom stereocenters. The highest BCUT2D eigenvalue weighted by molar-refractivity contribution is 5.94. The molecule has 0 radical (unpaired) electrons. The smallest absolute Gasteiger partial charge is 0.271 e. The summed E-state index contributed by atoms with van der Waals surface area (Å²) in [6, 6.07) is 12.2. The van der Waals surface area contributed by atoms with Crippen LogP contribution in [-0.2, 0) is 11.2 Å². The number of carbonyl (C=O) groups is 2. The van der Waals surface area contributed by atoms with E-state index in [0.29, 0.717) is 41.8 Å². The molecule has 1 heterocycles. The summed E-state index contributed by atoms with van der Waals surface area (Å²) in [4.78, 5) is 34.8. The molecule has 196 valence electrons. The van der Waals surface area contributed by atoms with Crippen LogP contribution in [0.4, 0.5) is 4.39 Å². The predicted octanol–water partition coefficient (Wildman–Crippen LogP) is 3.95. The number of amides is 2. The topological polar surface area (TPSA) is 124 Å². The van der Waals surface area contributed by atoms with Crippen molar-refractivity contribution in [3.63, 3.8) is 0 Å². The van der Waals surface area contributed by atoms with Crippen LogP contribution in [0.5, 0.6) is 0 Å². The number of hydroxylamine groups is 1. The third-order valence-electron chi connectivity index (χ3n) is 7.42. The molecule has 1 saturated carbocycles. The zero-order chi connectivity index (χ0) is 26.4. The van der Waals surface area contributed by atoms with Crippen molar-refractivity contribution in [2.24, 2.45) is 11.8 Å². The molecule has 9 heteroatoms. The Hall–Kier alpha value is -3.43. The van der Waals surface area contributed by atoms with Gasteiger partial charge in [-0.2, -0.15) is 0 Å². The molecule has 2 aromatic carbocycles. The molecular weight excluding hydrogens is 475 g/mol.